The molecule has 2 fully saturated rings. The number of Topliss-reactive ketones (excluding diaryl/α,β-unsaturated/α-hetero) is 1. The van der Waals surface area contributed by atoms with Crippen LogP contribution in [0.3, 0.4) is 0 Å². The average Bonchev–Trinajstić information content (AvgIpc) is 2.85. The highest BCUT2D eigenvalue weighted by Crippen LogP contribution is 2.60. The lowest BCUT2D eigenvalue weighted by atomic mass is 9.55. The third-order valence-corrected chi connectivity index (χ3v) is 7.05. The molecule has 128 valence electrons. The van der Waals surface area contributed by atoms with Crippen LogP contribution in [-0.4, -0.2) is 11.8 Å². The minimum absolute atomic E-state index is 0.107. The first-order valence-electron chi connectivity index (χ1n) is 9.26. The van der Waals surface area contributed by atoms with Gasteiger partial charge in [-0.3, -0.25) is 9.59 Å². The maximum atomic E-state index is 12.4. The molecule has 0 saturated heterocycles. The van der Waals surface area contributed by atoms with E-state index in [9.17, 15) is 9.59 Å². The normalized spacial score (nSPS) is 34.3. The van der Waals surface area contributed by atoms with Gasteiger partial charge in [0.05, 0.1) is 0 Å². The molecule has 0 aliphatic heterocycles. The van der Waals surface area contributed by atoms with Gasteiger partial charge in [-0.15, -0.1) is 0 Å². The van der Waals surface area contributed by atoms with Crippen LogP contribution in [0, 0.1) is 24.2 Å². The summed E-state index contributed by atoms with van der Waals surface area (Å²) in [4.78, 5) is 24.0. The van der Waals surface area contributed by atoms with Crippen molar-refractivity contribution in [3.63, 3.8) is 0 Å². The molecular weight excluding hydrogens is 300 g/mol. The zero-order valence-electron chi connectivity index (χ0n) is 14.9. The van der Waals surface area contributed by atoms with E-state index in [2.05, 4.69) is 19.9 Å². The number of ether oxygens (including phenoxy) is 1. The highest BCUT2D eigenvalue weighted by Gasteiger charge is 2.55. The third-order valence-electron chi connectivity index (χ3n) is 7.05. The topological polar surface area (TPSA) is 43.4 Å². The van der Waals surface area contributed by atoms with Gasteiger partial charge in [0.25, 0.3) is 0 Å². The van der Waals surface area contributed by atoms with Gasteiger partial charge in [0.1, 0.15) is 11.5 Å². The lowest BCUT2D eigenvalue weighted by molar-refractivity contribution is -0.132. The minimum atomic E-state index is -0.250. The second-order valence-electron chi connectivity index (χ2n) is 8.20. The monoisotopic (exact) mass is 326 g/mol. The van der Waals surface area contributed by atoms with Crippen molar-refractivity contribution >= 4 is 11.8 Å². The van der Waals surface area contributed by atoms with E-state index in [0.717, 1.165) is 44.3 Å². The van der Waals surface area contributed by atoms with Crippen LogP contribution >= 0.6 is 0 Å². The first-order valence-corrected chi connectivity index (χ1v) is 9.26. The number of esters is 1. The summed E-state index contributed by atoms with van der Waals surface area (Å²) in [5, 5.41) is 0. The Bertz CT molecular complexity index is 720. The Balaban J connectivity index is 1.78. The number of carbonyl (C=O) groups is 2. The number of rotatable bonds is 1. The smallest absolute Gasteiger partial charge is 0.308 e. The second kappa shape index (κ2) is 5.44. The van der Waals surface area contributed by atoms with E-state index in [4.69, 9.17) is 4.74 Å². The molecule has 4 atom stereocenters. The molecular formula is C21H26O3. The van der Waals surface area contributed by atoms with Crippen LogP contribution in [0.25, 0.3) is 0 Å². The van der Waals surface area contributed by atoms with E-state index in [-0.39, 0.29) is 11.4 Å². The SMILES string of the molecule is CC(=O)Oc1ccc(C)c2c1[C@H]1CC[C@@]3(C)C(=O)CC[C@@H]3[C@@H]1CC2. The van der Waals surface area contributed by atoms with E-state index >= 15 is 0 Å². The van der Waals surface area contributed by atoms with Crippen LogP contribution < -0.4 is 4.74 Å². The summed E-state index contributed by atoms with van der Waals surface area (Å²) in [6.45, 7) is 5.82. The Hall–Kier alpha value is -1.64. The van der Waals surface area contributed by atoms with Crippen LogP contribution in [0.4, 0.5) is 0 Å². The summed E-state index contributed by atoms with van der Waals surface area (Å²) in [5.41, 5.74) is 3.84. The molecule has 0 amide bonds. The molecule has 3 aliphatic rings. The lowest BCUT2D eigenvalue weighted by Crippen LogP contribution is -2.42. The molecule has 3 nitrogen and oxygen atoms in total. The van der Waals surface area contributed by atoms with Gasteiger partial charge in [-0.25, -0.2) is 0 Å². The van der Waals surface area contributed by atoms with Gasteiger partial charge in [0.2, 0.25) is 0 Å². The third kappa shape index (κ3) is 2.17. The van der Waals surface area contributed by atoms with Gasteiger partial charge in [0.15, 0.2) is 0 Å². The van der Waals surface area contributed by atoms with Gasteiger partial charge in [-0.2, -0.15) is 0 Å². The molecule has 1 aromatic rings. The summed E-state index contributed by atoms with van der Waals surface area (Å²) >= 11 is 0. The summed E-state index contributed by atoms with van der Waals surface area (Å²) < 4.78 is 5.57. The van der Waals surface area contributed by atoms with Gasteiger partial charge in [-0.1, -0.05) is 13.0 Å². The number of hydrogen-bond donors (Lipinski definition) is 0. The van der Waals surface area contributed by atoms with Crippen molar-refractivity contribution in [1.29, 1.82) is 0 Å². The number of fused-ring (bicyclic) bond motifs is 5. The number of aryl methyl sites for hydroxylation is 1. The fraction of sp³-hybridized carbons (Fsp3) is 0.619. The van der Waals surface area contributed by atoms with Crippen LogP contribution in [0.15, 0.2) is 12.1 Å². The summed E-state index contributed by atoms with van der Waals surface area (Å²) in [6.07, 6.45) is 6.01. The van der Waals surface area contributed by atoms with Crippen molar-refractivity contribution in [2.24, 2.45) is 17.3 Å². The van der Waals surface area contributed by atoms with Crippen molar-refractivity contribution in [2.75, 3.05) is 0 Å². The van der Waals surface area contributed by atoms with E-state index < -0.39 is 0 Å². The standard InChI is InChI=1S/C21H26O3/c1-12-4-8-18(24-13(2)22)20-14(12)5-6-15-16(20)10-11-21(3)17(15)7-9-19(21)23/h4,8,15-17H,5-7,9-11H2,1-3H3/t15-,16+,17-,21-/m1/s1. The zero-order chi connectivity index (χ0) is 17.1. The van der Waals surface area contributed by atoms with Gasteiger partial charge in [-0.05, 0) is 74.0 Å². The van der Waals surface area contributed by atoms with Crippen LogP contribution in [0.2, 0.25) is 0 Å². The molecule has 0 unspecified atom stereocenters. The number of hydrogen-bond acceptors (Lipinski definition) is 3. The average molecular weight is 326 g/mol. The van der Waals surface area contributed by atoms with Gasteiger partial charge < -0.3 is 4.74 Å². The highest BCUT2D eigenvalue weighted by atomic mass is 16.5. The molecule has 1 aromatic carbocycles. The van der Waals surface area contributed by atoms with Crippen molar-refractivity contribution in [2.45, 2.75) is 65.2 Å². The fourth-order valence-corrected chi connectivity index (χ4v) is 5.86. The molecule has 4 rings (SSSR count). The van der Waals surface area contributed by atoms with Crippen molar-refractivity contribution in [1.82, 2.24) is 0 Å². The van der Waals surface area contributed by atoms with E-state index in [1.54, 1.807) is 0 Å². The van der Waals surface area contributed by atoms with E-state index in [1.165, 1.54) is 23.6 Å². The van der Waals surface area contributed by atoms with Crippen LogP contribution in [0.5, 0.6) is 5.75 Å². The predicted molar refractivity (Wildman–Crippen MR) is 92.1 cm³/mol. The molecule has 0 spiro atoms. The van der Waals surface area contributed by atoms with Crippen molar-refractivity contribution < 1.29 is 14.3 Å². The highest BCUT2D eigenvalue weighted by molar-refractivity contribution is 5.87. The molecule has 0 N–H and O–H groups in total. The Morgan fingerprint density at radius 3 is 2.75 bits per heavy atom. The molecule has 0 bridgehead atoms. The van der Waals surface area contributed by atoms with E-state index in [1.807, 2.05) is 6.07 Å². The molecule has 2 saturated carbocycles. The second-order valence-corrected chi connectivity index (χ2v) is 8.20. The Morgan fingerprint density at radius 2 is 2.00 bits per heavy atom. The Morgan fingerprint density at radius 1 is 1.21 bits per heavy atom. The summed E-state index contributed by atoms with van der Waals surface area (Å²) in [5.74, 6) is 2.47. The fourth-order valence-electron chi connectivity index (χ4n) is 5.86. The molecule has 24 heavy (non-hydrogen) atoms. The molecule has 3 heteroatoms. The molecule has 0 radical (unpaired) electrons. The van der Waals surface area contributed by atoms with Crippen LogP contribution in [-0.2, 0) is 16.0 Å². The Kier molecular flexibility index (Phi) is 3.59. The quantitative estimate of drug-likeness (QED) is 0.569. The Labute approximate surface area is 143 Å². The minimum Gasteiger partial charge on any atom is -0.426 e. The molecule has 3 aliphatic carbocycles. The van der Waals surface area contributed by atoms with E-state index in [0.29, 0.717) is 23.5 Å². The first kappa shape index (κ1) is 15.9. The number of ketones is 1. The number of carbonyl (C=O) groups excluding carboxylic acids is 2. The lowest BCUT2D eigenvalue weighted by Gasteiger charge is -2.48. The largest absolute Gasteiger partial charge is 0.426 e. The summed E-state index contributed by atoms with van der Waals surface area (Å²) in [7, 11) is 0. The first-order chi connectivity index (χ1) is 11.4. The van der Waals surface area contributed by atoms with Gasteiger partial charge >= 0.3 is 5.97 Å². The van der Waals surface area contributed by atoms with Crippen molar-refractivity contribution in [3.8, 4) is 5.75 Å². The predicted octanol–water partition coefficient (Wildman–Crippen LogP) is 4.35. The summed E-state index contributed by atoms with van der Waals surface area (Å²) in [6, 6.07) is 4.04. The van der Waals surface area contributed by atoms with Crippen molar-refractivity contribution in [3.05, 3.63) is 28.8 Å². The molecule has 0 heterocycles. The molecule has 0 aromatic heterocycles. The maximum Gasteiger partial charge on any atom is 0.308 e. The zero-order valence-corrected chi connectivity index (χ0v) is 14.9. The van der Waals surface area contributed by atoms with Crippen LogP contribution in [0.1, 0.15) is 68.6 Å². The maximum absolute atomic E-state index is 12.4. The number of benzene rings is 1. The van der Waals surface area contributed by atoms with Gasteiger partial charge in [0, 0.05) is 24.3 Å².